The number of aromatic nitrogens is 1. The highest BCUT2D eigenvalue weighted by Gasteiger charge is 2.09. The van der Waals surface area contributed by atoms with Crippen LogP contribution in [0.25, 0.3) is 0 Å². The second-order valence-electron chi connectivity index (χ2n) is 4.16. The Morgan fingerprint density at radius 3 is 2.79 bits per heavy atom. The first-order chi connectivity index (χ1) is 9.11. The third kappa shape index (κ3) is 3.38. The molecule has 0 radical (unpaired) electrons. The Balaban J connectivity index is 2.26. The van der Waals surface area contributed by atoms with Crippen molar-refractivity contribution in [3.63, 3.8) is 0 Å². The van der Waals surface area contributed by atoms with Gasteiger partial charge in [-0.1, -0.05) is 29.3 Å². The molecule has 0 aliphatic rings. The first kappa shape index (κ1) is 14.1. The molecular formula is C14H14Cl2N2O. The largest absolute Gasteiger partial charge is 0.437 e. The number of pyridine rings is 1. The molecule has 0 amide bonds. The van der Waals surface area contributed by atoms with Gasteiger partial charge in [0, 0.05) is 11.8 Å². The number of ether oxygens (including phenoxy) is 1. The van der Waals surface area contributed by atoms with E-state index in [0.717, 1.165) is 17.5 Å². The van der Waals surface area contributed by atoms with Crippen LogP contribution >= 0.6 is 23.2 Å². The Morgan fingerprint density at radius 2 is 2.11 bits per heavy atom. The van der Waals surface area contributed by atoms with Crippen LogP contribution in [-0.4, -0.2) is 11.5 Å². The minimum atomic E-state index is 0.386. The molecule has 1 heterocycles. The van der Waals surface area contributed by atoms with Gasteiger partial charge in [0.05, 0.1) is 5.02 Å². The second kappa shape index (κ2) is 6.24. The van der Waals surface area contributed by atoms with E-state index in [9.17, 15) is 0 Å². The van der Waals surface area contributed by atoms with Gasteiger partial charge in [-0.15, -0.1) is 0 Å². The molecule has 19 heavy (non-hydrogen) atoms. The maximum atomic E-state index is 6.08. The summed E-state index contributed by atoms with van der Waals surface area (Å²) in [6.45, 7) is 2.53. The van der Waals surface area contributed by atoms with E-state index in [4.69, 9.17) is 33.7 Å². The molecule has 1 aromatic heterocycles. The first-order valence-electron chi connectivity index (χ1n) is 5.89. The van der Waals surface area contributed by atoms with Crippen molar-refractivity contribution < 1.29 is 4.74 Å². The fourth-order valence-electron chi connectivity index (χ4n) is 1.70. The van der Waals surface area contributed by atoms with Gasteiger partial charge >= 0.3 is 0 Å². The van der Waals surface area contributed by atoms with Gasteiger partial charge in [-0.25, -0.2) is 4.98 Å². The summed E-state index contributed by atoms with van der Waals surface area (Å²) in [7, 11) is 0. The first-order valence-corrected chi connectivity index (χ1v) is 6.65. The van der Waals surface area contributed by atoms with Gasteiger partial charge in [0.15, 0.2) is 0 Å². The van der Waals surface area contributed by atoms with Crippen molar-refractivity contribution in [2.24, 2.45) is 5.73 Å². The van der Waals surface area contributed by atoms with Gasteiger partial charge in [-0.3, -0.25) is 0 Å². The van der Waals surface area contributed by atoms with Crippen LogP contribution in [0.15, 0.2) is 30.5 Å². The predicted octanol–water partition coefficient (Wildman–Crippen LogP) is 3.99. The maximum absolute atomic E-state index is 6.08. The lowest BCUT2D eigenvalue weighted by Crippen LogP contribution is -2.03. The fourth-order valence-corrected chi connectivity index (χ4v) is 2.03. The van der Waals surface area contributed by atoms with Gasteiger partial charge in [0.2, 0.25) is 5.88 Å². The number of rotatable bonds is 4. The van der Waals surface area contributed by atoms with E-state index in [-0.39, 0.29) is 0 Å². The van der Waals surface area contributed by atoms with Crippen LogP contribution in [-0.2, 0) is 6.42 Å². The molecule has 2 aromatic rings. The number of nitrogens with zero attached hydrogens (tertiary/aromatic N) is 1. The molecule has 0 aliphatic carbocycles. The number of halogens is 2. The minimum absolute atomic E-state index is 0.386. The molecule has 3 nitrogen and oxygen atoms in total. The molecule has 0 saturated carbocycles. The molecule has 0 saturated heterocycles. The van der Waals surface area contributed by atoms with Crippen molar-refractivity contribution in [2.75, 3.05) is 6.54 Å². The summed E-state index contributed by atoms with van der Waals surface area (Å²) in [6.07, 6.45) is 2.56. The minimum Gasteiger partial charge on any atom is -0.437 e. The average Bonchev–Trinajstić information content (AvgIpc) is 2.38. The SMILES string of the molecule is Cc1cc(CCN)cnc1Oc1cccc(Cl)c1Cl. The molecule has 2 N–H and O–H groups in total. The third-order valence-electron chi connectivity index (χ3n) is 2.64. The monoisotopic (exact) mass is 296 g/mol. The molecular weight excluding hydrogens is 283 g/mol. The zero-order valence-corrected chi connectivity index (χ0v) is 12.0. The quantitative estimate of drug-likeness (QED) is 0.928. The van der Waals surface area contributed by atoms with Crippen molar-refractivity contribution >= 4 is 23.2 Å². The van der Waals surface area contributed by atoms with E-state index in [1.807, 2.05) is 13.0 Å². The Bertz CT molecular complexity index is 588. The lowest BCUT2D eigenvalue weighted by atomic mass is 10.1. The zero-order valence-electron chi connectivity index (χ0n) is 10.5. The third-order valence-corrected chi connectivity index (χ3v) is 3.44. The van der Waals surface area contributed by atoms with Crippen molar-refractivity contribution in [1.82, 2.24) is 4.98 Å². The van der Waals surface area contributed by atoms with Gasteiger partial charge < -0.3 is 10.5 Å². The molecule has 1 aromatic carbocycles. The molecule has 0 unspecified atom stereocenters. The topological polar surface area (TPSA) is 48.1 Å². The number of benzene rings is 1. The number of aryl methyl sites for hydroxylation is 1. The van der Waals surface area contributed by atoms with E-state index in [1.165, 1.54) is 0 Å². The van der Waals surface area contributed by atoms with Crippen LogP contribution in [0.1, 0.15) is 11.1 Å². The summed E-state index contributed by atoms with van der Waals surface area (Å²) in [5.41, 5.74) is 7.54. The molecule has 5 heteroatoms. The van der Waals surface area contributed by atoms with Gasteiger partial charge in [0.25, 0.3) is 0 Å². The van der Waals surface area contributed by atoms with Crippen molar-refractivity contribution in [2.45, 2.75) is 13.3 Å². The normalized spacial score (nSPS) is 10.5. The van der Waals surface area contributed by atoms with E-state index in [1.54, 1.807) is 24.4 Å². The van der Waals surface area contributed by atoms with Crippen LogP contribution < -0.4 is 10.5 Å². The molecule has 0 atom stereocenters. The van der Waals surface area contributed by atoms with E-state index in [2.05, 4.69) is 4.98 Å². The predicted molar refractivity (Wildman–Crippen MR) is 78.3 cm³/mol. The highest BCUT2D eigenvalue weighted by atomic mass is 35.5. The molecule has 0 fully saturated rings. The zero-order chi connectivity index (χ0) is 13.8. The summed E-state index contributed by atoms with van der Waals surface area (Å²) < 4.78 is 5.70. The van der Waals surface area contributed by atoms with Crippen molar-refractivity contribution in [1.29, 1.82) is 0 Å². The van der Waals surface area contributed by atoms with Crippen LogP contribution in [0.3, 0.4) is 0 Å². The standard InChI is InChI=1S/C14H14Cl2N2O/c1-9-7-10(5-6-17)8-18-14(9)19-12-4-2-3-11(15)13(12)16/h2-4,7-8H,5-6,17H2,1H3. The smallest absolute Gasteiger partial charge is 0.222 e. The van der Waals surface area contributed by atoms with Crippen LogP contribution in [0.4, 0.5) is 0 Å². The fraction of sp³-hybridized carbons (Fsp3) is 0.214. The summed E-state index contributed by atoms with van der Waals surface area (Å²) in [5, 5.41) is 0.841. The Morgan fingerprint density at radius 1 is 1.32 bits per heavy atom. The van der Waals surface area contributed by atoms with Crippen LogP contribution in [0.2, 0.25) is 10.0 Å². The lowest BCUT2D eigenvalue weighted by Gasteiger charge is -2.10. The average molecular weight is 297 g/mol. The summed E-state index contributed by atoms with van der Waals surface area (Å²) >= 11 is 12.0. The summed E-state index contributed by atoms with van der Waals surface area (Å²) in [6, 6.07) is 7.25. The summed E-state index contributed by atoms with van der Waals surface area (Å²) in [4.78, 5) is 4.28. The number of hydrogen-bond donors (Lipinski definition) is 1. The molecule has 2 rings (SSSR count). The van der Waals surface area contributed by atoms with Crippen molar-refractivity contribution in [3.05, 3.63) is 51.6 Å². The van der Waals surface area contributed by atoms with E-state index >= 15 is 0 Å². The summed E-state index contributed by atoms with van der Waals surface area (Å²) in [5.74, 6) is 1.02. The van der Waals surface area contributed by atoms with Crippen LogP contribution in [0.5, 0.6) is 11.6 Å². The molecule has 100 valence electrons. The lowest BCUT2D eigenvalue weighted by molar-refractivity contribution is 0.458. The van der Waals surface area contributed by atoms with Gasteiger partial charge in [0.1, 0.15) is 10.8 Å². The Kier molecular flexibility index (Phi) is 4.64. The van der Waals surface area contributed by atoms with Crippen LogP contribution in [0, 0.1) is 6.92 Å². The van der Waals surface area contributed by atoms with Gasteiger partial charge in [-0.2, -0.15) is 0 Å². The van der Waals surface area contributed by atoms with Gasteiger partial charge in [-0.05, 0) is 43.7 Å². The van der Waals surface area contributed by atoms with E-state index in [0.29, 0.717) is 28.2 Å². The Labute approximate surface area is 122 Å². The van der Waals surface area contributed by atoms with Crippen molar-refractivity contribution in [3.8, 4) is 11.6 Å². The number of hydrogen-bond acceptors (Lipinski definition) is 3. The van der Waals surface area contributed by atoms with E-state index < -0.39 is 0 Å². The molecule has 0 bridgehead atoms. The maximum Gasteiger partial charge on any atom is 0.222 e. The second-order valence-corrected chi connectivity index (χ2v) is 4.94. The highest BCUT2D eigenvalue weighted by Crippen LogP contribution is 2.34. The number of nitrogens with two attached hydrogens (primary N) is 1. The Hall–Kier alpha value is -1.29. The molecule has 0 spiro atoms. The highest BCUT2D eigenvalue weighted by molar-refractivity contribution is 6.42. The molecule has 0 aliphatic heterocycles.